The van der Waals surface area contributed by atoms with Crippen LogP contribution in [0.15, 0.2) is 0 Å². The summed E-state index contributed by atoms with van der Waals surface area (Å²) in [5, 5.41) is 12.8. The largest absolute Gasteiger partial charge is 0.393 e. The molecule has 0 heterocycles. The highest BCUT2D eigenvalue weighted by Gasteiger charge is 2.03. The monoisotopic (exact) mass is 356 g/mol. The molecule has 150 valence electrons. The van der Waals surface area contributed by atoms with Gasteiger partial charge in [-0.15, -0.1) is 0 Å². The van der Waals surface area contributed by atoms with Crippen LogP contribution in [0.2, 0.25) is 0 Å². The van der Waals surface area contributed by atoms with Crippen molar-refractivity contribution in [1.29, 1.82) is 0 Å². The Balaban J connectivity index is 3.19. The Bertz CT molecular complexity index is 285. The molecule has 0 radical (unpaired) electrons. The molecule has 0 bridgehead atoms. The lowest BCUT2D eigenvalue weighted by Crippen LogP contribution is -2.25. The average molecular weight is 357 g/mol. The lowest BCUT2D eigenvalue weighted by Gasteiger charge is -2.10. The number of unbranched alkanes of at least 4 members (excludes halogenated alkanes) is 10. The molecule has 4 heteroatoms. The number of nitrogens with two attached hydrogens (primary N) is 1. The number of aliphatic hydroxyl groups is 1. The molecule has 0 aromatic carbocycles. The molecule has 1 amide bonds. The first kappa shape index (κ1) is 24.4. The Morgan fingerprint density at radius 3 is 1.92 bits per heavy atom. The number of carbonyl (C=O) groups is 1. The topological polar surface area (TPSA) is 75.3 Å². The zero-order chi connectivity index (χ0) is 18.6. The molecule has 0 aliphatic carbocycles. The predicted molar refractivity (Wildman–Crippen MR) is 108 cm³/mol. The molecular weight excluding hydrogens is 312 g/mol. The van der Waals surface area contributed by atoms with Gasteiger partial charge in [0.15, 0.2) is 0 Å². The minimum atomic E-state index is -0.0761. The standard InChI is InChI=1S/C21H44N2O2/c1-2-3-4-11-15-20(24)16-12-9-7-5-6-8-10-13-17-21(25)23-19-14-18-22/h20,24H,2-19,22H2,1H3,(H,23,25). The number of rotatable bonds is 19. The quantitative estimate of drug-likeness (QED) is 0.294. The van der Waals surface area contributed by atoms with Gasteiger partial charge in [0.05, 0.1) is 6.10 Å². The maximum absolute atomic E-state index is 11.5. The van der Waals surface area contributed by atoms with Crippen LogP contribution in [0.25, 0.3) is 0 Å². The van der Waals surface area contributed by atoms with E-state index in [2.05, 4.69) is 12.2 Å². The van der Waals surface area contributed by atoms with Crippen LogP contribution in [-0.2, 0) is 4.79 Å². The van der Waals surface area contributed by atoms with Crippen LogP contribution in [0.4, 0.5) is 0 Å². The molecule has 0 saturated heterocycles. The molecule has 0 aromatic rings. The minimum Gasteiger partial charge on any atom is -0.393 e. The highest BCUT2D eigenvalue weighted by atomic mass is 16.3. The highest BCUT2D eigenvalue weighted by molar-refractivity contribution is 5.75. The van der Waals surface area contributed by atoms with Crippen molar-refractivity contribution in [3.05, 3.63) is 0 Å². The van der Waals surface area contributed by atoms with E-state index in [0.717, 1.165) is 38.5 Å². The van der Waals surface area contributed by atoms with Gasteiger partial charge in [0.2, 0.25) is 5.91 Å². The number of amides is 1. The van der Waals surface area contributed by atoms with Crippen LogP contribution in [0.1, 0.15) is 110 Å². The van der Waals surface area contributed by atoms with Crippen molar-refractivity contribution in [3.63, 3.8) is 0 Å². The van der Waals surface area contributed by atoms with E-state index >= 15 is 0 Å². The van der Waals surface area contributed by atoms with Gasteiger partial charge in [0, 0.05) is 13.0 Å². The first-order valence-electron chi connectivity index (χ1n) is 10.9. The second-order valence-corrected chi connectivity index (χ2v) is 7.36. The summed E-state index contributed by atoms with van der Waals surface area (Å²) < 4.78 is 0. The Labute approximate surface area is 156 Å². The van der Waals surface area contributed by atoms with Crippen LogP contribution < -0.4 is 11.1 Å². The summed E-state index contributed by atoms with van der Waals surface area (Å²) in [6.07, 6.45) is 18.0. The molecule has 0 spiro atoms. The van der Waals surface area contributed by atoms with Crippen molar-refractivity contribution in [2.24, 2.45) is 5.73 Å². The van der Waals surface area contributed by atoms with Crippen molar-refractivity contribution in [1.82, 2.24) is 5.32 Å². The van der Waals surface area contributed by atoms with Gasteiger partial charge < -0.3 is 16.2 Å². The Morgan fingerprint density at radius 2 is 1.36 bits per heavy atom. The molecular formula is C21H44N2O2. The van der Waals surface area contributed by atoms with E-state index < -0.39 is 0 Å². The summed E-state index contributed by atoms with van der Waals surface area (Å²) in [7, 11) is 0. The van der Waals surface area contributed by atoms with Gasteiger partial charge in [-0.1, -0.05) is 77.6 Å². The predicted octanol–water partition coefficient (Wildman–Crippen LogP) is 4.68. The molecule has 0 aliphatic heterocycles. The first-order valence-corrected chi connectivity index (χ1v) is 10.9. The van der Waals surface area contributed by atoms with E-state index in [1.807, 2.05) is 0 Å². The molecule has 0 rings (SSSR count). The summed E-state index contributed by atoms with van der Waals surface area (Å²) in [5.41, 5.74) is 5.39. The summed E-state index contributed by atoms with van der Waals surface area (Å²) in [6.45, 7) is 3.57. The summed E-state index contributed by atoms with van der Waals surface area (Å²) >= 11 is 0. The molecule has 1 unspecified atom stereocenters. The Morgan fingerprint density at radius 1 is 0.840 bits per heavy atom. The SMILES string of the molecule is CCCCCCC(O)CCCCCCCCCCC(=O)NCCCN. The van der Waals surface area contributed by atoms with Crippen molar-refractivity contribution in [2.75, 3.05) is 13.1 Å². The van der Waals surface area contributed by atoms with Gasteiger partial charge in [0.1, 0.15) is 0 Å². The van der Waals surface area contributed by atoms with Crippen LogP contribution in [-0.4, -0.2) is 30.2 Å². The number of hydrogen-bond acceptors (Lipinski definition) is 3. The van der Waals surface area contributed by atoms with E-state index in [0.29, 0.717) is 19.5 Å². The van der Waals surface area contributed by atoms with Gasteiger partial charge in [-0.25, -0.2) is 0 Å². The second-order valence-electron chi connectivity index (χ2n) is 7.36. The zero-order valence-corrected chi connectivity index (χ0v) is 16.7. The number of carbonyl (C=O) groups excluding carboxylic acids is 1. The van der Waals surface area contributed by atoms with E-state index in [9.17, 15) is 9.90 Å². The number of nitrogens with one attached hydrogen (secondary N) is 1. The van der Waals surface area contributed by atoms with Crippen molar-refractivity contribution >= 4 is 5.91 Å². The maximum atomic E-state index is 11.5. The third-order valence-electron chi connectivity index (χ3n) is 4.79. The fourth-order valence-corrected chi connectivity index (χ4v) is 3.10. The van der Waals surface area contributed by atoms with E-state index in [1.54, 1.807) is 0 Å². The van der Waals surface area contributed by atoms with Crippen LogP contribution in [0.5, 0.6) is 0 Å². The van der Waals surface area contributed by atoms with Gasteiger partial charge >= 0.3 is 0 Å². The van der Waals surface area contributed by atoms with Crippen LogP contribution >= 0.6 is 0 Å². The third kappa shape index (κ3) is 19.6. The fraction of sp³-hybridized carbons (Fsp3) is 0.952. The molecule has 0 saturated carbocycles. The van der Waals surface area contributed by atoms with Gasteiger partial charge in [-0.3, -0.25) is 4.79 Å². The molecule has 4 nitrogen and oxygen atoms in total. The van der Waals surface area contributed by atoms with E-state index in [-0.39, 0.29) is 12.0 Å². The van der Waals surface area contributed by atoms with Crippen molar-refractivity contribution in [2.45, 2.75) is 116 Å². The average Bonchev–Trinajstić information content (AvgIpc) is 2.60. The minimum absolute atomic E-state index is 0.0761. The van der Waals surface area contributed by atoms with Crippen LogP contribution in [0.3, 0.4) is 0 Å². The van der Waals surface area contributed by atoms with E-state index in [1.165, 1.54) is 57.8 Å². The molecule has 1 atom stereocenters. The molecule has 0 fully saturated rings. The third-order valence-corrected chi connectivity index (χ3v) is 4.79. The second kappa shape index (κ2) is 19.7. The number of aliphatic hydroxyl groups excluding tert-OH is 1. The van der Waals surface area contributed by atoms with Gasteiger partial charge in [-0.2, -0.15) is 0 Å². The van der Waals surface area contributed by atoms with Crippen molar-refractivity contribution in [3.8, 4) is 0 Å². The molecule has 25 heavy (non-hydrogen) atoms. The summed E-state index contributed by atoms with van der Waals surface area (Å²) in [6, 6.07) is 0. The smallest absolute Gasteiger partial charge is 0.219 e. The fourth-order valence-electron chi connectivity index (χ4n) is 3.10. The zero-order valence-electron chi connectivity index (χ0n) is 16.7. The molecule has 4 N–H and O–H groups in total. The lowest BCUT2D eigenvalue weighted by molar-refractivity contribution is -0.121. The lowest BCUT2D eigenvalue weighted by atomic mass is 10.0. The summed E-state index contributed by atoms with van der Waals surface area (Å²) in [4.78, 5) is 11.5. The van der Waals surface area contributed by atoms with Crippen LogP contribution in [0, 0.1) is 0 Å². The summed E-state index contributed by atoms with van der Waals surface area (Å²) in [5.74, 6) is 0.168. The van der Waals surface area contributed by atoms with Crippen molar-refractivity contribution < 1.29 is 9.90 Å². The van der Waals surface area contributed by atoms with E-state index in [4.69, 9.17) is 5.73 Å². The molecule has 0 aromatic heterocycles. The maximum Gasteiger partial charge on any atom is 0.219 e. The normalized spacial score (nSPS) is 12.3. The number of hydrogen-bond donors (Lipinski definition) is 3. The van der Waals surface area contributed by atoms with Gasteiger partial charge in [-0.05, 0) is 32.2 Å². The Hall–Kier alpha value is -0.610. The Kier molecular flexibility index (Phi) is 19.2. The first-order chi connectivity index (χ1) is 12.2. The van der Waals surface area contributed by atoms with Gasteiger partial charge in [0.25, 0.3) is 0 Å². The molecule has 0 aliphatic rings. The highest BCUT2D eigenvalue weighted by Crippen LogP contribution is 2.14.